The Hall–Kier alpha value is -1.56. The Kier molecular flexibility index (Phi) is 4.11. The van der Waals surface area contributed by atoms with Crippen molar-refractivity contribution in [3.05, 3.63) is 35.1 Å². The van der Waals surface area contributed by atoms with Gasteiger partial charge >= 0.3 is 5.97 Å². The number of benzene rings is 1. The molecule has 0 fully saturated rings. The van der Waals surface area contributed by atoms with E-state index in [0.717, 1.165) is 12.1 Å². The van der Waals surface area contributed by atoms with Crippen LogP contribution < -0.4 is 0 Å². The number of carboxylic acids is 1. The first-order valence-electron chi connectivity index (χ1n) is 4.89. The molecule has 1 rings (SSSR count). The number of likely N-dealkylation sites (N-methyl/N-ethyl adjacent to an activating group) is 1. The maximum atomic E-state index is 12.9. The summed E-state index contributed by atoms with van der Waals surface area (Å²) in [6.07, 6.45) is 0. The van der Waals surface area contributed by atoms with E-state index in [2.05, 4.69) is 0 Å². The minimum Gasteiger partial charge on any atom is -0.480 e. The number of carboxylic acid groups (broad SMARTS) is 1. The Bertz CT molecular complexity index is 414. The van der Waals surface area contributed by atoms with Gasteiger partial charge in [0.05, 0.1) is 0 Å². The molecule has 1 atom stereocenters. The Morgan fingerprint density at radius 1 is 1.35 bits per heavy atom. The Balaban J connectivity index is 2.86. The molecule has 0 heterocycles. The Morgan fingerprint density at radius 3 is 2.24 bits per heavy atom. The molecule has 0 aliphatic rings. The summed E-state index contributed by atoms with van der Waals surface area (Å²) in [4.78, 5) is 12.1. The van der Waals surface area contributed by atoms with Crippen LogP contribution in [0.3, 0.4) is 0 Å². The summed E-state index contributed by atoms with van der Waals surface area (Å²) in [6, 6.07) is 0.902. The molecule has 0 radical (unpaired) electrons. The van der Waals surface area contributed by atoms with Crippen molar-refractivity contribution in [2.75, 3.05) is 7.05 Å². The molecule has 1 N–H and O–H groups in total. The third kappa shape index (κ3) is 3.20. The van der Waals surface area contributed by atoms with Crippen LogP contribution >= 0.6 is 0 Å². The van der Waals surface area contributed by atoms with Crippen LogP contribution in [0, 0.1) is 17.5 Å². The van der Waals surface area contributed by atoms with E-state index in [9.17, 15) is 18.0 Å². The van der Waals surface area contributed by atoms with Gasteiger partial charge in [-0.1, -0.05) is 0 Å². The molecule has 0 aliphatic heterocycles. The molecule has 94 valence electrons. The number of nitrogens with zero attached hydrogens (tertiary/aromatic N) is 1. The number of hydrogen-bond donors (Lipinski definition) is 1. The molecule has 17 heavy (non-hydrogen) atoms. The Labute approximate surface area is 96.5 Å². The van der Waals surface area contributed by atoms with Gasteiger partial charge in [-0.3, -0.25) is 9.69 Å². The molecule has 0 amide bonds. The van der Waals surface area contributed by atoms with Gasteiger partial charge in [-0.25, -0.2) is 13.2 Å². The monoisotopic (exact) mass is 247 g/mol. The third-order valence-electron chi connectivity index (χ3n) is 2.49. The lowest BCUT2D eigenvalue weighted by atomic mass is 10.1. The average Bonchev–Trinajstić information content (AvgIpc) is 2.24. The van der Waals surface area contributed by atoms with Crippen molar-refractivity contribution < 1.29 is 23.1 Å². The second kappa shape index (κ2) is 5.18. The second-order valence-corrected chi connectivity index (χ2v) is 3.80. The van der Waals surface area contributed by atoms with Crippen LogP contribution in [0.25, 0.3) is 0 Å². The molecule has 1 unspecified atom stereocenters. The second-order valence-electron chi connectivity index (χ2n) is 3.80. The molecule has 1 aromatic rings. The van der Waals surface area contributed by atoms with Crippen molar-refractivity contribution >= 4 is 5.97 Å². The van der Waals surface area contributed by atoms with E-state index in [-0.39, 0.29) is 12.1 Å². The highest BCUT2D eigenvalue weighted by molar-refractivity contribution is 5.72. The van der Waals surface area contributed by atoms with Crippen molar-refractivity contribution in [3.8, 4) is 0 Å². The molecule has 3 nitrogen and oxygen atoms in total. The van der Waals surface area contributed by atoms with Crippen LogP contribution in [0.15, 0.2) is 12.1 Å². The number of halogens is 3. The summed E-state index contributed by atoms with van der Waals surface area (Å²) in [5, 5.41) is 8.73. The van der Waals surface area contributed by atoms with Crippen molar-refractivity contribution in [3.63, 3.8) is 0 Å². The molecular weight excluding hydrogens is 235 g/mol. The summed E-state index contributed by atoms with van der Waals surface area (Å²) < 4.78 is 38.5. The Morgan fingerprint density at radius 2 is 1.82 bits per heavy atom. The first-order valence-corrected chi connectivity index (χ1v) is 4.89. The topological polar surface area (TPSA) is 40.5 Å². The lowest BCUT2D eigenvalue weighted by Gasteiger charge is -2.21. The third-order valence-corrected chi connectivity index (χ3v) is 2.49. The van der Waals surface area contributed by atoms with Crippen LogP contribution in [0.1, 0.15) is 12.5 Å². The van der Waals surface area contributed by atoms with Gasteiger partial charge in [0.2, 0.25) is 0 Å². The minimum atomic E-state index is -1.53. The summed E-state index contributed by atoms with van der Waals surface area (Å²) in [6.45, 7) is 1.46. The maximum absolute atomic E-state index is 12.9. The molecule has 1 aromatic carbocycles. The molecule has 0 bridgehead atoms. The van der Waals surface area contributed by atoms with Gasteiger partial charge in [0, 0.05) is 6.54 Å². The zero-order chi connectivity index (χ0) is 13.2. The van der Waals surface area contributed by atoms with Gasteiger partial charge in [-0.2, -0.15) is 0 Å². The summed E-state index contributed by atoms with van der Waals surface area (Å²) in [7, 11) is 1.50. The number of aliphatic carboxylic acids is 1. The van der Waals surface area contributed by atoms with Gasteiger partial charge in [-0.05, 0) is 31.7 Å². The summed E-state index contributed by atoms with van der Waals surface area (Å²) in [5.74, 6) is -5.13. The highest BCUT2D eigenvalue weighted by Crippen LogP contribution is 2.15. The zero-order valence-corrected chi connectivity index (χ0v) is 9.38. The van der Waals surface area contributed by atoms with Crippen LogP contribution in [-0.2, 0) is 11.3 Å². The standard InChI is InChI=1S/C11H12F3NO2/c1-6(11(16)17)15(2)5-7-3-8(12)10(14)9(13)4-7/h3-4,6H,5H2,1-2H3,(H,16,17). The molecule has 0 spiro atoms. The fourth-order valence-electron chi connectivity index (χ4n) is 1.31. The van der Waals surface area contributed by atoms with Gasteiger partial charge in [0.1, 0.15) is 6.04 Å². The molecule has 0 saturated carbocycles. The predicted octanol–water partition coefficient (Wildman–Crippen LogP) is 2.01. The summed E-state index contributed by atoms with van der Waals surface area (Å²) >= 11 is 0. The molecular formula is C11H12F3NO2. The van der Waals surface area contributed by atoms with Crippen LogP contribution in [0.4, 0.5) is 13.2 Å². The first kappa shape index (κ1) is 13.5. The molecule has 0 aliphatic carbocycles. The predicted molar refractivity (Wildman–Crippen MR) is 54.9 cm³/mol. The zero-order valence-electron chi connectivity index (χ0n) is 9.38. The molecule has 0 saturated heterocycles. The van der Waals surface area contributed by atoms with E-state index in [1.54, 1.807) is 0 Å². The van der Waals surface area contributed by atoms with Gasteiger partial charge < -0.3 is 5.11 Å². The SMILES string of the molecule is CC(C(=O)O)N(C)Cc1cc(F)c(F)c(F)c1. The fourth-order valence-corrected chi connectivity index (χ4v) is 1.31. The van der Waals surface area contributed by atoms with Crippen molar-refractivity contribution in [2.45, 2.75) is 19.5 Å². The number of rotatable bonds is 4. The van der Waals surface area contributed by atoms with Crippen molar-refractivity contribution in [2.24, 2.45) is 0 Å². The first-order chi connectivity index (χ1) is 7.82. The smallest absolute Gasteiger partial charge is 0.320 e. The minimum absolute atomic E-state index is 0.0155. The van der Waals surface area contributed by atoms with Gasteiger partial charge in [-0.15, -0.1) is 0 Å². The highest BCUT2D eigenvalue weighted by atomic mass is 19.2. The average molecular weight is 247 g/mol. The number of carbonyl (C=O) groups is 1. The van der Waals surface area contributed by atoms with Gasteiger partial charge in [0.15, 0.2) is 17.5 Å². The molecule has 0 aromatic heterocycles. The van der Waals surface area contributed by atoms with E-state index in [0.29, 0.717) is 0 Å². The van der Waals surface area contributed by atoms with E-state index in [1.807, 2.05) is 0 Å². The van der Waals surface area contributed by atoms with E-state index in [1.165, 1.54) is 18.9 Å². The quantitative estimate of drug-likeness (QED) is 0.827. The van der Waals surface area contributed by atoms with Crippen LogP contribution in [0.5, 0.6) is 0 Å². The molecule has 6 heteroatoms. The largest absolute Gasteiger partial charge is 0.480 e. The van der Waals surface area contributed by atoms with E-state index >= 15 is 0 Å². The normalized spacial score (nSPS) is 12.8. The lowest BCUT2D eigenvalue weighted by molar-refractivity contribution is -0.142. The fraction of sp³-hybridized carbons (Fsp3) is 0.364. The lowest BCUT2D eigenvalue weighted by Crippen LogP contribution is -2.35. The van der Waals surface area contributed by atoms with Crippen LogP contribution in [0.2, 0.25) is 0 Å². The van der Waals surface area contributed by atoms with E-state index in [4.69, 9.17) is 5.11 Å². The van der Waals surface area contributed by atoms with Crippen molar-refractivity contribution in [1.82, 2.24) is 4.90 Å². The van der Waals surface area contributed by atoms with Crippen LogP contribution in [-0.4, -0.2) is 29.1 Å². The maximum Gasteiger partial charge on any atom is 0.320 e. The van der Waals surface area contributed by atoms with Gasteiger partial charge in [0.25, 0.3) is 0 Å². The van der Waals surface area contributed by atoms with Crippen molar-refractivity contribution in [1.29, 1.82) is 0 Å². The number of hydrogen-bond acceptors (Lipinski definition) is 2. The van der Waals surface area contributed by atoms with E-state index < -0.39 is 29.5 Å². The highest BCUT2D eigenvalue weighted by Gasteiger charge is 2.18. The summed E-state index contributed by atoms with van der Waals surface area (Å²) in [5.41, 5.74) is 0.178.